The molecule has 1 unspecified atom stereocenters. The van der Waals surface area contributed by atoms with Gasteiger partial charge in [-0.25, -0.2) is 0 Å². The predicted octanol–water partition coefficient (Wildman–Crippen LogP) is 1.52. The van der Waals surface area contributed by atoms with Crippen molar-refractivity contribution in [3.8, 4) is 0 Å². The number of fused-ring (bicyclic) bond motifs is 1. The average molecular weight is 246 g/mol. The summed E-state index contributed by atoms with van der Waals surface area (Å²) in [4.78, 5) is 13.3. The van der Waals surface area contributed by atoms with Crippen LogP contribution in [0.15, 0.2) is 18.2 Å². The summed E-state index contributed by atoms with van der Waals surface area (Å²) in [7, 11) is 3.49. The van der Waals surface area contributed by atoms with E-state index in [0.717, 1.165) is 0 Å². The molecule has 1 atom stereocenters. The third-order valence-corrected chi connectivity index (χ3v) is 3.63. The molecule has 3 heteroatoms. The van der Waals surface area contributed by atoms with Crippen molar-refractivity contribution in [2.24, 2.45) is 5.73 Å². The Bertz CT molecular complexity index is 440. The Balaban J connectivity index is 2.08. The number of hydrogen-bond donors (Lipinski definition) is 1. The van der Waals surface area contributed by atoms with Crippen molar-refractivity contribution < 1.29 is 4.79 Å². The van der Waals surface area contributed by atoms with Crippen molar-refractivity contribution in [3.05, 3.63) is 34.9 Å². The van der Waals surface area contributed by atoms with E-state index in [1.54, 1.807) is 19.0 Å². The molecule has 98 valence electrons. The van der Waals surface area contributed by atoms with Crippen LogP contribution in [0, 0.1) is 0 Å². The molecule has 1 amide bonds. The maximum absolute atomic E-state index is 11.7. The molecule has 0 spiro atoms. The quantitative estimate of drug-likeness (QED) is 0.879. The monoisotopic (exact) mass is 246 g/mol. The van der Waals surface area contributed by atoms with Crippen LogP contribution in [0.4, 0.5) is 0 Å². The Hall–Kier alpha value is -1.35. The second-order valence-corrected chi connectivity index (χ2v) is 5.35. The van der Waals surface area contributed by atoms with Gasteiger partial charge in [0.05, 0.1) is 6.04 Å². The fraction of sp³-hybridized carbons (Fsp3) is 0.533. The zero-order chi connectivity index (χ0) is 13.1. The van der Waals surface area contributed by atoms with E-state index in [2.05, 4.69) is 18.2 Å². The third kappa shape index (κ3) is 2.91. The maximum atomic E-state index is 11.7. The second-order valence-electron chi connectivity index (χ2n) is 5.35. The Morgan fingerprint density at radius 1 is 1.28 bits per heavy atom. The Kier molecular flexibility index (Phi) is 4.02. The van der Waals surface area contributed by atoms with Crippen molar-refractivity contribution in [3.63, 3.8) is 0 Å². The van der Waals surface area contributed by atoms with Gasteiger partial charge < -0.3 is 10.6 Å². The van der Waals surface area contributed by atoms with Crippen LogP contribution in [0.25, 0.3) is 0 Å². The molecule has 2 N–H and O–H groups in total. The number of likely N-dealkylation sites (N-methyl/N-ethyl adjacent to an activating group) is 1. The van der Waals surface area contributed by atoms with Crippen LogP contribution in [0.5, 0.6) is 0 Å². The topological polar surface area (TPSA) is 46.3 Å². The molecular formula is C15H22N2O. The Morgan fingerprint density at radius 2 is 1.94 bits per heavy atom. The minimum atomic E-state index is -0.429. The van der Waals surface area contributed by atoms with Gasteiger partial charge in [-0.15, -0.1) is 0 Å². The molecule has 0 saturated carbocycles. The normalized spacial score (nSPS) is 15.9. The van der Waals surface area contributed by atoms with Crippen LogP contribution in [-0.4, -0.2) is 30.9 Å². The summed E-state index contributed by atoms with van der Waals surface area (Å²) in [5.74, 6) is -0.00674. The molecule has 3 nitrogen and oxygen atoms in total. The van der Waals surface area contributed by atoms with Gasteiger partial charge in [-0.05, 0) is 48.8 Å². The molecule has 0 radical (unpaired) electrons. The first-order valence-corrected chi connectivity index (χ1v) is 6.65. The van der Waals surface area contributed by atoms with Gasteiger partial charge >= 0.3 is 0 Å². The number of rotatable bonds is 3. The van der Waals surface area contributed by atoms with Crippen LogP contribution in [0.1, 0.15) is 29.5 Å². The van der Waals surface area contributed by atoms with E-state index in [-0.39, 0.29) is 5.91 Å². The number of nitrogens with zero attached hydrogens (tertiary/aromatic N) is 1. The van der Waals surface area contributed by atoms with Gasteiger partial charge in [-0.2, -0.15) is 0 Å². The van der Waals surface area contributed by atoms with E-state index in [1.807, 2.05) is 0 Å². The molecule has 0 bridgehead atoms. The van der Waals surface area contributed by atoms with Gasteiger partial charge in [0.15, 0.2) is 0 Å². The van der Waals surface area contributed by atoms with Gasteiger partial charge in [-0.1, -0.05) is 18.2 Å². The lowest BCUT2D eigenvalue weighted by atomic mass is 9.89. The highest BCUT2D eigenvalue weighted by molar-refractivity contribution is 5.81. The van der Waals surface area contributed by atoms with E-state index >= 15 is 0 Å². The van der Waals surface area contributed by atoms with Crippen LogP contribution in [-0.2, 0) is 24.1 Å². The van der Waals surface area contributed by atoms with E-state index in [0.29, 0.717) is 6.42 Å². The van der Waals surface area contributed by atoms with Crippen molar-refractivity contribution in [2.45, 2.75) is 38.1 Å². The SMILES string of the molecule is CN(C)C(=O)C(N)Cc1ccc2c(c1)CCCC2. The van der Waals surface area contributed by atoms with Gasteiger partial charge in [0.2, 0.25) is 5.91 Å². The van der Waals surface area contributed by atoms with E-state index in [1.165, 1.54) is 42.4 Å². The summed E-state index contributed by atoms with van der Waals surface area (Å²) in [5.41, 5.74) is 10.0. The molecule has 1 aromatic carbocycles. The number of amides is 1. The fourth-order valence-electron chi connectivity index (χ4n) is 2.59. The number of carbonyl (C=O) groups excluding carboxylic acids is 1. The first-order valence-electron chi connectivity index (χ1n) is 6.65. The number of carbonyl (C=O) groups is 1. The fourth-order valence-corrected chi connectivity index (χ4v) is 2.59. The minimum Gasteiger partial charge on any atom is -0.347 e. The number of nitrogens with two attached hydrogens (primary N) is 1. The molecule has 0 aliphatic heterocycles. The van der Waals surface area contributed by atoms with Gasteiger partial charge in [-0.3, -0.25) is 4.79 Å². The summed E-state index contributed by atoms with van der Waals surface area (Å²) < 4.78 is 0. The molecule has 0 aromatic heterocycles. The minimum absolute atomic E-state index is 0.00674. The third-order valence-electron chi connectivity index (χ3n) is 3.63. The van der Waals surface area contributed by atoms with Crippen LogP contribution >= 0.6 is 0 Å². The van der Waals surface area contributed by atoms with E-state index < -0.39 is 6.04 Å². The summed E-state index contributed by atoms with van der Waals surface area (Å²) >= 11 is 0. The summed E-state index contributed by atoms with van der Waals surface area (Å²) in [6.07, 6.45) is 5.56. The molecule has 2 rings (SSSR count). The van der Waals surface area contributed by atoms with Gasteiger partial charge in [0, 0.05) is 14.1 Å². The zero-order valence-electron chi connectivity index (χ0n) is 11.3. The lowest BCUT2D eigenvalue weighted by Crippen LogP contribution is -2.41. The zero-order valence-corrected chi connectivity index (χ0v) is 11.3. The first kappa shape index (κ1) is 13.1. The Labute approximate surface area is 109 Å². The number of aryl methyl sites for hydroxylation is 2. The molecular weight excluding hydrogens is 224 g/mol. The molecule has 18 heavy (non-hydrogen) atoms. The van der Waals surface area contributed by atoms with E-state index in [9.17, 15) is 4.79 Å². The number of benzene rings is 1. The number of hydrogen-bond acceptors (Lipinski definition) is 2. The molecule has 0 heterocycles. The standard InChI is InChI=1S/C15H22N2O/c1-17(2)15(18)14(16)10-11-7-8-12-5-3-4-6-13(12)9-11/h7-9,14H,3-6,10,16H2,1-2H3. The van der Waals surface area contributed by atoms with Gasteiger partial charge in [0.25, 0.3) is 0 Å². The van der Waals surface area contributed by atoms with Crippen LogP contribution < -0.4 is 5.73 Å². The van der Waals surface area contributed by atoms with Crippen molar-refractivity contribution in [1.82, 2.24) is 4.90 Å². The molecule has 0 saturated heterocycles. The summed E-state index contributed by atoms with van der Waals surface area (Å²) in [6, 6.07) is 6.13. The highest BCUT2D eigenvalue weighted by Gasteiger charge is 2.17. The smallest absolute Gasteiger partial charge is 0.239 e. The largest absolute Gasteiger partial charge is 0.347 e. The van der Waals surface area contributed by atoms with Crippen LogP contribution in [0.3, 0.4) is 0 Å². The van der Waals surface area contributed by atoms with Crippen molar-refractivity contribution >= 4 is 5.91 Å². The van der Waals surface area contributed by atoms with Gasteiger partial charge in [0.1, 0.15) is 0 Å². The molecule has 1 aromatic rings. The van der Waals surface area contributed by atoms with Crippen molar-refractivity contribution in [2.75, 3.05) is 14.1 Å². The molecule has 1 aliphatic rings. The highest BCUT2D eigenvalue weighted by Crippen LogP contribution is 2.22. The van der Waals surface area contributed by atoms with Crippen LogP contribution in [0.2, 0.25) is 0 Å². The van der Waals surface area contributed by atoms with Crippen molar-refractivity contribution in [1.29, 1.82) is 0 Å². The predicted molar refractivity (Wildman–Crippen MR) is 73.5 cm³/mol. The summed E-state index contributed by atoms with van der Waals surface area (Å²) in [6.45, 7) is 0. The first-order chi connectivity index (χ1) is 8.58. The lowest BCUT2D eigenvalue weighted by molar-refractivity contribution is -0.130. The maximum Gasteiger partial charge on any atom is 0.239 e. The lowest BCUT2D eigenvalue weighted by Gasteiger charge is -2.19. The molecule has 1 aliphatic carbocycles. The second kappa shape index (κ2) is 5.53. The highest BCUT2D eigenvalue weighted by atomic mass is 16.2. The average Bonchev–Trinajstić information content (AvgIpc) is 2.37. The van der Waals surface area contributed by atoms with E-state index in [4.69, 9.17) is 5.73 Å². The molecule has 0 fully saturated rings. The summed E-state index contributed by atoms with van der Waals surface area (Å²) in [5, 5.41) is 0. The Morgan fingerprint density at radius 3 is 2.61 bits per heavy atom.